The highest BCUT2D eigenvalue weighted by Crippen LogP contribution is 2.30. The Balaban J connectivity index is 1.62. The Morgan fingerprint density at radius 3 is 1.14 bits per heavy atom. The zero-order chi connectivity index (χ0) is 67.3. The quantitative estimate of drug-likeness (QED) is 0.0204. The van der Waals surface area contributed by atoms with E-state index < -0.39 is 86.8 Å². The predicted molar refractivity (Wildman–Crippen MR) is 383 cm³/mol. The molecule has 14 nitrogen and oxygen atoms in total. The fraction of sp³-hybridized carbons (Fsp3) is 0.861. The molecule has 12 unspecified atom stereocenters. The van der Waals surface area contributed by atoms with Crippen LogP contribution in [0.15, 0.2) is 60.8 Å². The second-order valence-electron chi connectivity index (χ2n) is 27.5. The maximum atomic E-state index is 13.4. The molecule has 9 N–H and O–H groups in total. The van der Waals surface area contributed by atoms with Crippen LogP contribution < -0.4 is 5.32 Å². The maximum Gasteiger partial charge on any atom is 0.220 e. The van der Waals surface area contributed by atoms with E-state index in [0.717, 1.165) is 64.2 Å². The van der Waals surface area contributed by atoms with Gasteiger partial charge in [0.15, 0.2) is 12.6 Å². The van der Waals surface area contributed by atoms with Gasteiger partial charge in [0.05, 0.1) is 32.0 Å². The van der Waals surface area contributed by atoms with Gasteiger partial charge < -0.3 is 65.1 Å². The topological polar surface area (TPSA) is 228 Å². The number of ether oxygens (including phenoxy) is 4. The van der Waals surface area contributed by atoms with Gasteiger partial charge in [-0.05, 0) is 57.8 Å². The maximum absolute atomic E-state index is 13.4. The average Bonchev–Trinajstić information content (AvgIpc) is 0.852. The van der Waals surface area contributed by atoms with Crippen LogP contribution >= 0.6 is 0 Å². The Kier molecular flexibility index (Phi) is 58.9. The van der Waals surface area contributed by atoms with Crippen LogP contribution in [0, 0.1) is 0 Å². The molecule has 0 aromatic rings. The monoisotopic (exact) mass is 1320 g/mol. The lowest BCUT2D eigenvalue weighted by atomic mass is 9.97. The zero-order valence-electron chi connectivity index (χ0n) is 59.5. The Labute approximate surface area is 568 Å². The van der Waals surface area contributed by atoms with Crippen LogP contribution in [0.2, 0.25) is 0 Å². The summed E-state index contributed by atoms with van der Waals surface area (Å²) >= 11 is 0. The van der Waals surface area contributed by atoms with Crippen molar-refractivity contribution in [2.45, 2.75) is 415 Å². The molecule has 0 bridgehead atoms. The first-order valence-electron chi connectivity index (χ1n) is 39.0. The Morgan fingerprint density at radius 2 is 0.742 bits per heavy atom. The van der Waals surface area contributed by atoms with Crippen molar-refractivity contribution in [3.8, 4) is 0 Å². The summed E-state index contributed by atoms with van der Waals surface area (Å²) in [7, 11) is 0. The molecule has 0 radical (unpaired) electrons. The summed E-state index contributed by atoms with van der Waals surface area (Å²) in [6.45, 7) is 2.74. The smallest absolute Gasteiger partial charge is 0.220 e. The molecule has 0 saturated carbocycles. The van der Waals surface area contributed by atoms with Crippen molar-refractivity contribution in [3.05, 3.63) is 60.8 Å². The summed E-state index contributed by atoms with van der Waals surface area (Å²) in [6, 6.07) is -0.917. The number of amides is 1. The molecular weight excluding hydrogens is 1170 g/mol. The molecule has 2 aliphatic heterocycles. The summed E-state index contributed by atoms with van der Waals surface area (Å²) in [5, 5.41) is 87.7. The summed E-state index contributed by atoms with van der Waals surface area (Å²) < 4.78 is 22.9. The number of aliphatic hydroxyl groups excluding tert-OH is 8. The molecule has 14 heteroatoms. The molecule has 0 aromatic carbocycles. The molecule has 2 rings (SSSR count). The number of carbonyl (C=O) groups is 1. The van der Waals surface area contributed by atoms with Gasteiger partial charge in [0.1, 0.15) is 48.8 Å². The fourth-order valence-corrected chi connectivity index (χ4v) is 12.8. The van der Waals surface area contributed by atoms with E-state index in [9.17, 15) is 45.6 Å². The van der Waals surface area contributed by atoms with Gasteiger partial charge in [0, 0.05) is 6.42 Å². The zero-order valence-corrected chi connectivity index (χ0v) is 59.5. The van der Waals surface area contributed by atoms with Gasteiger partial charge in [-0.25, -0.2) is 0 Å². The highest BCUT2D eigenvalue weighted by molar-refractivity contribution is 5.76. The van der Waals surface area contributed by atoms with E-state index in [1.807, 2.05) is 6.08 Å². The minimum Gasteiger partial charge on any atom is -0.394 e. The summed E-state index contributed by atoms with van der Waals surface area (Å²) in [4.78, 5) is 13.4. The third-order valence-corrected chi connectivity index (χ3v) is 19.0. The molecule has 2 fully saturated rings. The molecule has 2 heterocycles. The summed E-state index contributed by atoms with van der Waals surface area (Å²) in [6.07, 6.45) is 68.6. The van der Waals surface area contributed by atoms with Gasteiger partial charge in [0.25, 0.3) is 0 Å². The van der Waals surface area contributed by atoms with E-state index in [4.69, 9.17) is 18.9 Å². The molecule has 2 saturated heterocycles. The van der Waals surface area contributed by atoms with E-state index in [-0.39, 0.29) is 18.9 Å². The third-order valence-electron chi connectivity index (χ3n) is 19.0. The van der Waals surface area contributed by atoms with Crippen molar-refractivity contribution in [2.75, 3.05) is 19.8 Å². The molecule has 544 valence electrons. The lowest BCUT2D eigenvalue weighted by molar-refractivity contribution is -0.359. The normalized spacial score (nSPS) is 22.9. The van der Waals surface area contributed by atoms with Crippen LogP contribution in [0.5, 0.6) is 0 Å². The third kappa shape index (κ3) is 46.6. The summed E-state index contributed by atoms with van der Waals surface area (Å²) in [5.74, 6) is -0.233. The minimum absolute atomic E-state index is 0.233. The van der Waals surface area contributed by atoms with Gasteiger partial charge in [-0.2, -0.15) is 0 Å². The average molecular weight is 1320 g/mol. The van der Waals surface area contributed by atoms with Crippen LogP contribution in [-0.2, 0) is 23.7 Å². The number of rotatable bonds is 65. The fourth-order valence-electron chi connectivity index (χ4n) is 12.8. The molecule has 0 aliphatic carbocycles. The molecule has 2 aliphatic rings. The second kappa shape index (κ2) is 63.2. The molecule has 1 amide bonds. The first kappa shape index (κ1) is 86.8. The Bertz CT molecular complexity index is 1790. The molecule has 0 spiro atoms. The summed E-state index contributed by atoms with van der Waals surface area (Å²) in [5.41, 5.74) is 0. The first-order valence-corrected chi connectivity index (χ1v) is 39.0. The van der Waals surface area contributed by atoms with Crippen molar-refractivity contribution in [1.82, 2.24) is 5.32 Å². The molecule has 0 aromatic heterocycles. The number of allylic oxidation sites excluding steroid dienone is 9. The van der Waals surface area contributed by atoms with Gasteiger partial charge in [-0.15, -0.1) is 0 Å². The van der Waals surface area contributed by atoms with E-state index in [1.54, 1.807) is 6.08 Å². The van der Waals surface area contributed by atoms with Crippen molar-refractivity contribution < 1.29 is 64.6 Å². The lowest BCUT2D eigenvalue weighted by Gasteiger charge is -2.46. The van der Waals surface area contributed by atoms with Gasteiger partial charge in [0.2, 0.25) is 5.91 Å². The second-order valence-corrected chi connectivity index (χ2v) is 27.5. The first-order chi connectivity index (χ1) is 45.6. The van der Waals surface area contributed by atoms with Crippen LogP contribution in [0.3, 0.4) is 0 Å². The van der Waals surface area contributed by atoms with E-state index in [2.05, 4.69) is 67.8 Å². The number of nitrogens with one attached hydrogen (secondary N) is 1. The lowest BCUT2D eigenvalue weighted by Crippen LogP contribution is -2.65. The SMILES string of the molecule is CC/C=C\C/C=C\C/C=C\C/C=C\CCCCCCCCCCCCCCCCCCCCCCC(=O)NC(COC1OC(CO)C(OC2OC(CO)C(O)C(O)C2O)C(O)C1O)C(O)/C=C/CCCCCCCCCCCCCCCCCCCCCCCCCC. The molecule has 12 atom stereocenters. The van der Waals surface area contributed by atoms with E-state index in [0.29, 0.717) is 6.42 Å². The molecule has 93 heavy (non-hydrogen) atoms. The Hall–Kier alpha value is -2.31. The van der Waals surface area contributed by atoms with Crippen molar-refractivity contribution >= 4 is 5.91 Å². The van der Waals surface area contributed by atoms with Gasteiger partial charge in [-0.3, -0.25) is 4.79 Å². The van der Waals surface area contributed by atoms with Crippen molar-refractivity contribution in [2.24, 2.45) is 0 Å². The predicted octanol–water partition coefficient (Wildman–Crippen LogP) is 17.2. The number of aliphatic hydroxyl groups is 8. The highest BCUT2D eigenvalue weighted by Gasteiger charge is 2.51. The van der Waals surface area contributed by atoms with E-state index >= 15 is 0 Å². The Morgan fingerprint density at radius 1 is 0.398 bits per heavy atom. The van der Waals surface area contributed by atoms with Crippen molar-refractivity contribution in [1.29, 1.82) is 0 Å². The van der Waals surface area contributed by atoms with Gasteiger partial charge in [-0.1, -0.05) is 338 Å². The van der Waals surface area contributed by atoms with Crippen LogP contribution in [-0.4, -0.2) is 140 Å². The largest absolute Gasteiger partial charge is 0.394 e. The van der Waals surface area contributed by atoms with Crippen LogP contribution in [0.25, 0.3) is 0 Å². The standard InChI is InChI=1S/C79H145NO13/c1-3-5-7-9-11-13-15-17-19-21-23-25-27-29-31-32-33-34-35-36-37-39-41-43-45-47-49-51-53-55-57-59-61-63-71(84)80-67(66-90-78-76(89)74(87)77(70(65-82)92-78)93-79-75(88)73(86)72(85)69(64-81)91-79)68(83)62-60-58-56-54-52-50-48-46-44-42-40-38-30-28-26-24-22-20-18-16-14-12-10-8-6-4-2/h5,7,11,13,17,19,23,25,60,62,67-70,72-79,81-83,85-89H,3-4,6,8-10,12,14-16,18,20-22,24,26-59,61,63-66H2,1-2H3,(H,80,84)/b7-5-,13-11-,19-17-,25-23-,62-60+. The number of hydrogen-bond acceptors (Lipinski definition) is 13. The van der Waals surface area contributed by atoms with Crippen LogP contribution in [0.4, 0.5) is 0 Å². The number of unbranched alkanes of at least 4 members (excludes halogenated alkanes) is 44. The number of carbonyl (C=O) groups excluding carboxylic acids is 1. The molecular formula is C79H145NO13. The highest BCUT2D eigenvalue weighted by atomic mass is 16.7. The van der Waals surface area contributed by atoms with Gasteiger partial charge >= 0.3 is 0 Å². The number of hydrogen-bond donors (Lipinski definition) is 9. The van der Waals surface area contributed by atoms with Crippen LogP contribution in [0.1, 0.15) is 341 Å². The van der Waals surface area contributed by atoms with Crippen molar-refractivity contribution in [3.63, 3.8) is 0 Å². The minimum atomic E-state index is -1.79. The van der Waals surface area contributed by atoms with E-state index in [1.165, 1.54) is 250 Å².